The predicted octanol–water partition coefficient (Wildman–Crippen LogP) is 3.07. The van der Waals surface area contributed by atoms with Gasteiger partial charge in [-0.1, -0.05) is 48.5 Å². The highest BCUT2D eigenvalue weighted by Gasteiger charge is 2.33. The Balaban J connectivity index is 1.70. The lowest BCUT2D eigenvalue weighted by Gasteiger charge is -2.24. The van der Waals surface area contributed by atoms with Crippen LogP contribution < -0.4 is 0 Å². The van der Waals surface area contributed by atoms with Gasteiger partial charge in [0.05, 0.1) is 5.56 Å². The Bertz CT molecular complexity index is 693. The molecule has 2 aromatic carbocycles. The smallest absolute Gasteiger partial charge is 0.348 e. The predicted molar refractivity (Wildman–Crippen MR) is 80.3 cm³/mol. The van der Waals surface area contributed by atoms with E-state index in [0.717, 1.165) is 11.1 Å². The van der Waals surface area contributed by atoms with Gasteiger partial charge in [-0.25, -0.2) is 9.59 Å². The average Bonchev–Trinajstić information content (AvgIpc) is 2.55. The lowest BCUT2D eigenvalue weighted by molar-refractivity contribution is -0.159. The van der Waals surface area contributed by atoms with E-state index >= 15 is 0 Å². The molecule has 3 rings (SSSR count). The van der Waals surface area contributed by atoms with Gasteiger partial charge < -0.3 is 9.47 Å². The molecule has 0 fully saturated rings. The minimum atomic E-state index is -0.881. The van der Waals surface area contributed by atoms with Gasteiger partial charge in [0.1, 0.15) is 6.10 Å². The second kappa shape index (κ2) is 6.02. The number of ether oxygens (including phenoxy) is 2. The lowest BCUT2D eigenvalue weighted by Crippen LogP contribution is -2.35. The van der Waals surface area contributed by atoms with Crippen LogP contribution in [0.15, 0.2) is 54.6 Å². The van der Waals surface area contributed by atoms with Gasteiger partial charge in [-0.15, -0.1) is 0 Å². The van der Waals surface area contributed by atoms with Crippen LogP contribution in [0.25, 0.3) is 0 Å². The van der Waals surface area contributed by atoms with Gasteiger partial charge >= 0.3 is 11.9 Å². The maximum Gasteiger partial charge on any atom is 0.348 e. The molecule has 0 spiro atoms. The zero-order valence-corrected chi connectivity index (χ0v) is 12.2. The molecule has 22 heavy (non-hydrogen) atoms. The van der Waals surface area contributed by atoms with Crippen LogP contribution in [-0.4, -0.2) is 18.0 Å². The van der Waals surface area contributed by atoms with Crippen molar-refractivity contribution in [3.05, 3.63) is 71.3 Å². The number of carbonyl (C=O) groups is 2. The van der Waals surface area contributed by atoms with Gasteiger partial charge in [-0.05, 0) is 24.1 Å². The second-order valence-electron chi connectivity index (χ2n) is 5.25. The molecule has 1 aliphatic rings. The quantitative estimate of drug-likeness (QED) is 0.817. The molecule has 0 aliphatic carbocycles. The van der Waals surface area contributed by atoms with Crippen LogP contribution in [0.2, 0.25) is 0 Å². The molecule has 4 heteroatoms. The summed E-state index contributed by atoms with van der Waals surface area (Å²) in [6.45, 7) is 1.80. The van der Waals surface area contributed by atoms with Crippen molar-refractivity contribution in [1.82, 2.24) is 0 Å². The summed E-state index contributed by atoms with van der Waals surface area (Å²) in [6.07, 6.45) is -0.916. The number of benzene rings is 2. The summed E-state index contributed by atoms with van der Waals surface area (Å²) in [5.41, 5.74) is 2.23. The third-order valence-electron chi connectivity index (χ3n) is 3.72. The fraction of sp³-hybridized carbons (Fsp3) is 0.222. The van der Waals surface area contributed by atoms with Gasteiger partial charge in [0.2, 0.25) is 6.10 Å². The topological polar surface area (TPSA) is 52.6 Å². The van der Waals surface area contributed by atoms with Crippen molar-refractivity contribution in [3.63, 3.8) is 0 Å². The molecule has 112 valence electrons. The standard InChI is InChI=1S/C18H16O4/c1-12(13-7-3-2-4-8-13)21-18(20)16-11-14-9-5-6-10-15(14)17(19)22-16/h2-10,12,16H,11H2,1H3/t12-,16-/m0/s1. The third kappa shape index (κ3) is 2.86. The van der Waals surface area contributed by atoms with Crippen LogP contribution in [0.1, 0.15) is 34.5 Å². The fourth-order valence-electron chi connectivity index (χ4n) is 2.51. The Morgan fingerprint density at radius 3 is 2.59 bits per heavy atom. The van der Waals surface area contributed by atoms with Crippen molar-refractivity contribution < 1.29 is 19.1 Å². The summed E-state index contributed by atoms with van der Waals surface area (Å²) < 4.78 is 10.6. The zero-order chi connectivity index (χ0) is 15.5. The number of carbonyl (C=O) groups excluding carboxylic acids is 2. The molecule has 1 heterocycles. The van der Waals surface area contributed by atoms with Crippen molar-refractivity contribution in [3.8, 4) is 0 Å². The molecule has 0 saturated heterocycles. The average molecular weight is 296 g/mol. The first-order chi connectivity index (χ1) is 10.6. The van der Waals surface area contributed by atoms with Gasteiger partial charge in [0.15, 0.2) is 0 Å². The van der Waals surface area contributed by atoms with E-state index < -0.39 is 18.0 Å². The van der Waals surface area contributed by atoms with E-state index in [0.29, 0.717) is 12.0 Å². The number of hydrogen-bond donors (Lipinski definition) is 0. The van der Waals surface area contributed by atoms with E-state index in [2.05, 4.69) is 0 Å². The number of rotatable bonds is 3. The van der Waals surface area contributed by atoms with Crippen LogP contribution in [0.3, 0.4) is 0 Å². The van der Waals surface area contributed by atoms with E-state index in [-0.39, 0.29) is 6.10 Å². The third-order valence-corrected chi connectivity index (χ3v) is 3.72. The fourth-order valence-corrected chi connectivity index (χ4v) is 2.51. The van der Waals surface area contributed by atoms with E-state index in [1.54, 1.807) is 19.1 Å². The van der Waals surface area contributed by atoms with Crippen molar-refractivity contribution in [2.75, 3.05) is 0 Å². The van der Waals surface area contributed by atoms with Crippen molar-refractivity contribution in [1.29, 1.82) is 0 Å². The summed E-state index contributed by atoms with van der Waals surface area (Å²) in [7, 11) is 0. The Labute approximate surface area is 128 Å². The molecule has 0 unspecified atom stereocenters. The van der Waals surface area contributed by atoms with Gasteiger partial charge in [0, 0.05) is 6.42 Å². The SMILES string of the molecule is C[C@H](OC(=O)[C@@H]1Cc2ccccc2C(=O)O1)c1ccccc1. The van der Waals surface area contributed by atoms with Crippen LogP contribution in [-0.2, 0) is 20.7 Å². The largest absolute Gasteiger partial charge is 0.455 e. The number of hydrogen-bond acceptors (Lipinski definition) is 4. The van der Waals surface area contributed by atoms with Crippen molar-refractivity contribution in [2.24, 2.45) is 0 Å². The molecule has 1 aliphatic heterocycles. The highest BCUT2D eigenvalue weighted by Crippen LogP contribution is 2.23. The van der Waals surface area contributed by atoms with Gasteiger partial charge in [-0.2, -0.15) is 0 Å². The molecular formula is C18H16O4. The van der Waals surface area contributed by atoms with Crippen LogP contribution in [0.5, 0.6) is 0 Å². The molecule has 0 aromatic heterocycles. The minimum Gasteiger partial charge on any atom is -0.455 e. The molecule has 0 N–H and O–H groups in total. The Morgan fingerprint density at radius 2 is 1.82 bits per heavy atom. The lowest BCUT2D eigenvalue weighted by atomic mass is 9.99. The molecule has 4 nitrogen and oxygen atoms in total. The van der Waals surface area contributed by atoms with Crippen molar-refractivity contribution >= 4 is 11.9 Å². The van der Waals surface area contributed by atoms with Crippen LogP contribution in [0, 0.1) is 0 Å². The summed E-state index contributed by atoms with van der Waals surface area (Å²) in [5.74, 6) is -0.990. The molecule has 0 amide bonds. The minimum absolute atomic E-state index is 0.349. The first kappa shape index (κ1) is 14.3. The second-order valence-corrected chi connectivity index (χ2v) is 5.25. The zero-order valence-electron chi connectivity index (χ0n) is 12.2. The van der Waals surface area contributed by atoms with Gasteiger partial charge in [0.25, 0.3) is 0 Å². The Hall–Kier alpha value is -2.62. The van der Waals surface area contributed by atoms with Crippen molar-refractivity contribution in [2.45, 2.75) is 25.6 Å². The Morgan fingerprint density at radius 1 is 1.14 bits per heavy atom. The highest BCUT2D eigenvalue weighted by molar-refractivity contribution is 5.94. The van der Waals surface area contributed by atoms with Crippen LogP contribution >= 0.6 is 0 Å². The van der Waals surface area contributed by atoms with E-state index in [1.807, 2.05) is 42.5 Å². The number of cyclic esters (lactones) is 1. The number of fused-ring (bicyclic) bond motifs is 1. The summed E-state index contributed by atoms with van der Waals surface area (Å²) in [5, 5.41) is 0. The first-order valence-electron chi connectivity index (χ1n) is 7.19. The molecule has 2 aromatic rings. The monoisotopic (exact) mass is 296 g/mol. The molecule has 0 radical (unpaired) electrons. The van der Waals surface area contributed by atoms with E-state index in [1.165, 1.54) is 0 Å². The summed E-state index contributed by atoms with van der Waals surface area (Å²) >= 11 is 0. The molecule has 0 saturated carbocycles. The molecule has 0 bridgehead atoms. The highest BCUT2D eigenvalue weighted by atomic mass is 16.6. The molecule has 2 atom stereocenters. The normalized spacial score (nSPS) is 18.0. The maximum absolute atomic E-state index is 12.2. The Kier molecular flexibility index (Phi) is 3.92. The van der Waals surface area contributed by atoms with E-state index in [9.17, 15) is 9.59 Å². The van der Waals surface area contributed by atoms with E-state index in [4.69, 9.17) is 9.47 Å². The van der Waals surface area contributed by atoms with Gasteiger partial charge in [-0.3, -0.25) is 0 Å². The van der Waals surface area contributed by atoms with Crippen LogP contribution in [0.4, 0.5) is 0 Å². The first-order valence-corrected chi connectivity index (χ1v) is 7.19. The summed E-state index contributed by atoms with van der Waals surface area (Å²) in [6, 6.07) is 16.6. The maximum atomic E-state index is 12.2. The molecular weight excluding hydrogens is 280 g/mol. The number of esters is 2. The summed E-state index contributed by atoms with van der Waals surface area (Å²) in [4.78, 5) is 24.2.